The smallest absolute Gasteiger partial charge is 0.436 e. The highest BCUT2D eigenvalue weighted by Crippen LogP contribution is 1.96. The topological polar surface area (TPSA) is 47.9 Å². The molecule has 0 atom stereocenters. The van der Waals surface area contributed by atoms with E-state index in [0.717, 1.165) is 6.42 Å². The monoisotopic (exact) mass is 187 g/mol. The number of hydrogen-bond donors (Lipinski definition) is 0. The number of ether oxygens (including phenoxy) is 2. The van der Waals surface area contributed by atoms with Gasteiger partial charge in [0.1, 0.15) is 0 Å². The minimum atomic E-state index is -0.570. The number of hydrogen-bond acceptors (Lipinski definition) is 3. The second-order valence-electron chi connectivity index (χ2n) is 2.39. The van der Waals surface area contributed by atoms with Gasteiger partial charge < -0.3 is 9.47 Å². The summed E-state index contributed by atoms with van der Waals surface area (Å²) in [4.78, 5) is 14.6. The highest BCUT2D eigenvalue weighted by molar-refractivity contribution is 5.87. The maximum Gasteiger partial charge on any atom is 0.436 e. The van der Waals surface area contributed by atoms with Crippen LogP contribution in [0, 0.1) is 0 Å². The minimum absolute atomic E-state index is 0.341. The molecule has 0 radical (unpaired) electrons. The van der Waals surface area contributed by atoms with E-state index in [0.29, 0.717) is 25.5 Å². The van der Waals surface area contributed by atoms with Crippen molar-refractivity contribution in [2.75, 3.05) is 13.2 Å². The van der Waals surface area contributed by atoms with Gasteiger partial charge in [0.2, 0.25) is 0 Å². The highest BCUT2D eigenvalue weighted by atomic mass is 16.6. The first-order valence-electron chi connectivity index (χ1n) is 4.61. The van der Waals surface area contributed by atoms with E-state index in [1.165, 1.54) is 0 Å². The molecule has 0 aliphatic rings. The Morgan fingerprint density at radius 1 is 1.15 bits per heavy atom. The Hall–Kier alpha value is -1.06. The van der Waals surface area contributed by atoms with Crippen molar-refractivity contribution in [1.82, 2.24) is 0 Å². The van der Waals surface area contributed by atoms with Gasteiger partial charge >= 0.3 is 6.09 Å². The molecular weight excluding hydrogens is 170 g/mol. The van der Waals surface area contributed by atoms with Crippen molar-refractivity contribution in [2.24, 2.45) is 4.99 Å². The van der Waals surface area contributed by atoms with E-state index in [9.17, 15) is 4.79 Å². The van der Waals surface area contributed by atoms with E-state index < -0.39 is 6.09 Å². The lowest BCUT2D eigenvalue weighted by Crippen LogP contribution is -2.09. The average molecular weight is 187 g/mol. The van der Waals surface area contributed by atoms with E-state index in [-0.39, 0.29) is 0 Å². The molecule has 0 aromatic heterocycles. The third-order valence-electron chi connectivity index (χ3n) is 1.26. The number of nitrogens with zero attached hydrogens (tertiary/aromatic N) is 1. The second-order valence-corrected chi connectivity index (χ2v) is 2.39. The maximum atomic E-state index is 10.9. The molecule has 76 valence electrons. The Bertz CT molecular complexity index is 170. The van der Waals surface area contributed by atoms with Crippen LogP contribution in [0.15, 0.2) is 4.99 Å². The van der Waals surface area contributed by atoms with Gasteiger partial charge in [-0.25, -0.2) is 4.79 Å². The van der Waals surface area contributed by atoms with E-state index in [2.05, 4.69) is 9.73 Å². The predicted molar refractivity (Wildman–Crippen MR) is 51.0 cm³/mol. The normalized spacial score (nSPS) is 11.2. The molecule has 0 aromatic carbocycles. The van der Waals surface area contributed by atoms with Crippen molar-refractivity contribution in [3.63, 3.8) is 0 Å². The van der Waals surface area contributed by atoms with Gasteiger partial charge in [-0.15, -0.1) is 4.99 Å². The van der Waals surface area contributed by atoms with Crippen molar-refractivity contribution in [3.8, 4) is 0 Å². The number of carbonyl (C=O) groups excluding carboxylic acids is 1. The summed E-state index contributed by atoms with van der Waals surface area (Å²) >= 11 is 0. The Balaban J connectivity index is 4.07. The molecule has 0 aliphatic heterocycles. The average Bonchev–Trinajstić information content (AvgIpc) is 2.05. The molecule has 0 N–H and O–H groups in total. The summed E-state index contributed by atoms with van der Waals surface area (Å²) < 4.78 is 9.81. The lowest BCUT2D eigenvalue weighted by molar-refractivity contribution is 0.162. The quantitative estimate of drug-likeness (QED) is 0.501. The van der Waals surface area contributed by atoms with Crippen LogP contribution < -0.4 is 0 Å². The van der Waals surface area contributed by atoms with Crippen LogP contribution in [0.4, 0.5) is 4.79 Å². The van der Waals surface area contributed by atoms with E-state index in [4.69, 9.17) is 4.74 Å². The summed E-state index contributed by atoms with van der Waals surface area (Å²) in [6, 6.07) is 0. The summed E-state index contributed by atoms with van der Waals surface area (Å²) in [5.41, 5.74) is 0. The molecule has 0 fully saturated rings. The van der Waals surface area contributed by atoms with E-state index in [1.54, 1.807) is 6.92 Å². The summed E-state index contributed by atoms with van der Waals surface area (Å²) in [6.45, 7) is 6.47. The molecule has 0 rings (SSSR count). The van der Waals surface area contributed by atoms with Crippen LogP contribution in [0.3, 0.4) is 0 Å². The van der Waals surface area contributed by atoms with Crippen LogP contribution in [-0.2, 0) is 9.47 Å². The minimum Gasteiger partial charge on any atom is -0.481 e. The maximum absolute atomic E-state index is 10.9. The highest BCUT2D eigenvalue weighted by Gasteiger charge is 2.03. The van der Waals surface area contributed by atoms with Gasteiger partial charge in [-0.1, -0.05) is 6.92 Å². The van der Waals surface area contributed by atoms with E-state index in [1.807, 2.05) is 13.8 Å². The standard InChI is InChI=1S/C9H17NO3/c1-4-7-8(12-5-2)10-9(11)13-6-3/h4-7H2,1-3H3/b10-8-. The Labute approximate surface area is 78.9 Å². The molecule has 0 saturated carbocycles. The summed E-state index contributed by atoms with van der Waals surface area (Å²) in [6.07, 6.45) is 1.00. The van der Waals surface area contributed by atoms with Crippen LogP contribution >= 0.6 is 0 Å². The largest absolute Gasteiger partial charge is 0.481 e. The number of amides is 1. The zero-order valence-corrected chi connectivity index (χ0v) is 8.50. The van der Waals surface area contributed by atoms with Gasteiger partial charge in [-0.2, -0.15) is 0 Å². The first-order valence-corrected chi connectivity index (χ1v) is 4.61. The van der Waals surface area contributed by atoms with Crippen LogP contribution in [0.5, 0.6) is 0 Å². The first-order chi connectivity index (χ1) is 6.24. The van der Waals surface area contributed by atoms with Crippen LogP contribution in [0.25, 0.3) is 0 Å². The Kier molecular flexibility index (Phi) is 6.96. The molecule has 13 heavy (non-hydrogen) atoms. The summed E-state index contributed by atoms with van der Waals surface area (Å²) in [7, 11) is 0. The van der Waals surface area contributed by atoms with Crippen molar-refractivity contribution in [3.05, 3.63) is 0 Å². The Morgan fingerprint density at radius 3 is 2.23 bits per heavy atom. The fourth-order valence-corrected chi connectivity index (χ4v) is 0.798. The van der Waals surface area contributed by atoms with Gasteiger partial charge in [-0.3, -0.25) is 0 Å². The van der Waals surface area contributed by atoms with Crippen molar-refractivity contribution < 1.29 is 14.3 Å². The molecule has 4 heteroatoms. The molecule has 0 unspecified atom stereocenters. The van der Waals surface area contributed by atoms with Crippen molar-refractivity contribution in [2.45, 2.75) is 33.6 Å². The molecule has 4 nitrogen and oxygen atoms in total. The van der Waals surface area contributed by atoms with Gasteiger partial charge in [0.15, 0.2) is 5.90 Å². The van der Waals surface area contributed by atoms with Crippen LogP contribution in [0.2, 0.25) is 0 Å². The zero-order valence-electron chi connectivity index (χ0n) is 8.50. The molecule has 0 bridgehead atoms. The molecule has 0 heterocycles. The molecule has 0 spiro atoms. The van der Waals surface area contributed by atoms with Gasteiger partial charge in [0, 0.05) is 6.42 Å². The van der Waals surface area contributed by atoms with Gasteiger partial charge in [0.05, 0.1) is 13.2 Å². The number of carbonyl (C=O) groups is 1. The number of aliphatic imine (C=N–C) groups is 1. The SMILES string of the molecule is CCC/C(=N/C(=O)OCC)OCC. The predicted octanol–water partition coefficient (Wildman–Crippen LogP) is 2.38. The first kappa shape index (κ1) is 11.9. The lowest BCUT2D eigenvalue weighted by Gasteiger charge is -2.04. The summed E-state index contributed by atoms with van der Waals surface area (Å²) in [5, 5.41) is 0. The van der Waals surface area contributed by atoms with Crippen LogP contribution in [0.1, 0.15) is 33.6 Å². The molecule has 0 saturated heterocycles. The lowest BCUT2D eigenvalue weighted by atomic mass is 10.3. The second kappa shape index (κ2) is 7.58. The zero-order chi connectivity index (χ0) is 10.1. The van der Waals surface area contributed by atoms with Gasteiger partial charge in [-0.05, 0) is 20.3 Å². The third kappa shape index (κ3) is 6.13. The fraction of sp³-hybridized carbons (Fsp3) is 0.778. The molecule has 0 aromatic rings. The molecule has 1 amide bonds. The van der Waals surface area contributed by atoms with E-state index >= 15 is 0 Å². The summed E-state index contributed by atoms with van der Waals surface area (Å²) in [5.74, 6) is 0.462. The Morgan fingerprint density at radius 2 is 1.77 bits per heavy atom. The third-order valence-corrected chi connectivity index (χ3v) is 1.26. The molecule has 0 aliphatic carbocycles. The van der Waals surface area contributed by atoms with Crippen LogP contribution in [-0.4, -0.2) is 25.2 Å². The fourth-order valence-electron chi connectivity index (χ4n) is 0.798. The van der Waals surface area contributed by atoms with Gasteiger partial charge in [0.25, 0.3) is 0 Å². The van der Waals surface area contributed by atoms with Crippen molar-refractivity contribution >= 4 is 12.0 Å². The molecular formula is C9H17NO3. The van der Waals surface area contributed by atoms with Crippen molar-refractivity contribution in [1.29, 1.82) is 0 Å². The number of rotatable bonds is 4.